The summed E-state index contributed by atoms with van der Waals surface area (Å²) in [7, 11) is 1.80. The third kappa shape index (κ3) is 2.56. The van der Waals surface area contributed by atoms with Gasteiger partial charge in [-0.05, 0) is 31.0 Å². The second-order valence-electron chi connectivity index (χ2n) is 5.77. The van der Waals surface area contributed by atoms with Gasteiger partial charge in [-0.2, -0.15) is 0 Å². The van der Waals surface area contributed by atoms with Gasteiger partial charge in [0.1, 0.15) is 0 Å². The van der Waals surface area contributed by atoms with E-state index in [0.717, 1.165) is 11.4 Å². The van der Waals surface area contributed by atoms with Crippen molar-refractivity contribution < 1.29 is 4.74 Å². The Labute approximate surface area is 115 Å². The van der Waals surface area contributed by atoms with Crippen LogP contribution < -0.4 is 5.32 Å². The van der Waals surface area contributed by atoms with E-state index in [4.69, 9.17) is 16.3 Å². The fourth-order valence-electron chi connectivity index (χ4n) is 2.72. The van der Waals surface area contributed by atoms with Crippen molar-refractivity contribution in [2.24, 2.45) is 5.41 Å². The van der Waals surface area contributed by atoms with Gasteiger partial charge in [0.2, 0.25) is 0 Å². The lowest BCUT2D eigenvalue weighted by molar-refractivity contribution is -0.0999. The molecule has 18 heavy (non-hydrogen) atoms. The molecule has 0 bridgehead atoms. The number of ether oxygens (including phenoxy) is 1. The van der Waals surface area contributed by atoms with Crippen molar-refractivity contribution in [1.29, 1.82) is 0 Å². The summed E-state index contributed by atoms with van der Waals surface area (Å²) < 4.78 is 5.48. The van der Waals surface area contributed by atoms with Crippen LogP contribution in [-0.2, 0) is 4.74 Å². The van der Waals surface area contributed by atoms with Gasteiger partial charge in [0, 0.05) is 29.6 Å². The topological polar surface area (TPSA) is 21.3 Å². The van der Waals surface area contributed by atoms with E-state index in [-0.39, 0.29) is 5.41 Å². The molecular formula is C15H22ClNO. The number of methoxy groups -OCH3 is 1. The predicted octanol–water partition coefficient (Wildman–Crippen LogP) is 3.80. The molecule has 1 aromatic rings. The summed E-state index contributed by atoms with van der Waals surface area (Å²) in [5.41, 5.74) is 1.48. The zero-order valence-electron chi connectivity index (χ0n) is 11.5. The number of nitrogens with one attached hydrogen (secondary N) is 1. The number of rotatable bonds is 4. The van der Waals surface area contributed by atoms with E-state index in [1.165, 1.54) is 5.56 Å². The van der Waals surface area contributed by atoms with Gasteiger partial charge in [0.15, 0.2) is 0 Å². The molecule has 2 nitrogen and oxygen atoms in total. The molecule has 0 spiro atoms. The summed E-state index contributed by atoms with van der Waals surface area (Å²) in [5, 5.41) is 4.47. The normalized spacial score (nSPS) is 27.6. The van der Waals surface area contributed by atoms with E-state index in [0.29, 0.717) is 18.2 Å². The van der Waals surface area contributed by atoms with Gasteiger partial charge in [-0.1, -0.05) is 37.6 Å². The molecule has 0 saturated heterocycles. The van der Waals surface area contributed by atoms with Gasteiger partial charge in [-0.25, -0.2) is 0 Å². The highest BCUT2D eigenvalue weighted by atomic mass is 35.5. The second kappa shape index (κ2) is 5.20. The molecule has 1 aliphatic carbocycles. The summed E-state index contributed by atoms with van der Waals surface area (Å²) in [4.78, 5) is 0. The maximum atomic E-state index is 5.91. The maximum Gasteiger partial charge on any atom is 0.0652 e. The van der Waals surface area contributed by atoms with E-state index in [9.17, 15) is 0 Å². The van der Waals surface area contributed by atoms with Crippen LogP contribution in [0.25, 0.3) is 0 Å². The molecule has 0 aliphatic heterocycles. The third-order valence-electron chi connectivity index (χ3n) is 4.28. The smallest absolute Gasteiger partial charge is 0.0652 e. The second-order valence-corrected chi connectivity index (χ2v) is 6.21. The van der Waals surface area contributed by atoms with Crippen LogP contribution in [-0.4, -0.2) is 19.3 Å². The van der Waals surface area contributed by atoms with E-state index in [1.807, 2.05) is 12.1 Å². The minimum atomic E-state index is 0.204. The summed E-state index contributed by atoms with van der Waals surface area (Å²) >= 11 is 5.91. The van der Waals surface area contributed by atoms with Gasteiger partial charge >= 0.3 is 0 Å². The first-order valence-corrected chi connectivity index (χ1v) is 6.87. The van der Waals surface area contributed by atoms with Crippen molar-refractivity contribution in [2.45, 2.75) is 45.4 Å². The van der Waals surface area contributed by atoms with Crippen molar-refractivity contribution in [3.8, 4) is 0 Å². The molecule has 1 saturated carbocycles. The van der Waals surface area contributed by atoms with Crippen molar-refractivity contribution in [3.05, 3.63) is 34.9 Å². The molecule has 1 aliphatic rings. The standard InChI is InChI=1S/C15H22ClNO/c1-10(11-5-7-12(16)8-6-11)17-13-9-14(18-4)15(13,2)3/h5-8,10,13-14,17H,9H2,1-4H3. The van der Waals surface area contributed by atoms with Crippen LogP contribution in [0.3, 0.4) is 0 Å². The summed E-state index contributed by atoms with van der Waals surface area (Å²) in [5.74, 6) is 0. The van der Waals surface area contributed by atoms with E-state index in [2.05, 4.69) is 38.2 Å². The lowest BCUT2D eigenvalue weighted by Crippen LogP contribution is -2.60. The molecule has 3 unspecified atom stereocenters. The Kier molecular flexibility index (Phi) is 4.00. The Balaban J connectivity index is 1.97. The minimum Gasteiger partial charge on any atom is -0.381 e. The molecular weight excluding hydrogens is 246 g/mol. The molecule has 1 N–H and O–H groups in total. The van der Waals surface area contributed by atoms with Crippen LogP contribution in [0, 0.1) is 5.41 Å². The zero-order valence-corrected chi connectivity index (χ0v) is 12.3. The van der Waals surface area contributed by atoms with Crippen molar-refractivity contribution in [2.75, 3.05) is 7.11 Å². The highest BCUT2D eigenvalue weighted by Crippen LogP contribution is 2.43. The first-order valence-electron chi connectivity index (χ1n) is 6.49. The molecule has 3 heteroatoms. The summed E-state index contributed by atoms with van der Waals surface area (Å²) in [6.07, 6.45) is 1.45. The number of hydrogen-bond donors (Lipinski definition) is 1. The van der Waals surface area contributed by atoms with E-state index < -0.39 is 0 Å². The first-order chi connectivity index (χ1) is 8.45. The molecule has 0 amide bonds. The average Bonchev–Trinajstić information content (AvgIpc) is 2.34. The molecule has 1 aromatic carbocycles. The summed E-state index contributed by atoms with van der Waals surface area (Å²) in [6, 6.07) is 8.90. The van der Waals surface area contributed by atoms with E-state index >= 15 is 0 Å². The fraction of sp³-hybridized carbons (Fsp3) is 0.600. The van der Waals surface area contributed by atoms with Gasteiger partial charge in [0.25, 0.3) is 0 Å². The molecule has 3 atom stereocenters. The third-order valence-corrected chi connectivity index (χ3v) is 4.54. The van der Waals surface area contributed by atoms with Crippen LogP contribution in [0.2, 0.25) is 5.02 Å². The largest absolute Gasteiger partial charge is 0.381 e. The Morgan fingerprint density at radius 2 is 1.94 bits per heavy atom. The summed E-state index contributed by atoms with van der Waals surface area (Å²) in [6.45, 7) is 6.72. The Bertz CT molecular complexity index is 401. The highest BCUT2D eigenvalue weighted by molar-refractivity contribution is 6.30. The lowest BCUT2D eigenvalue weighted by atomic mass is 9.64. The van der Waals surface area contributed by atoms with Gasteiger partial charge in [0.05, 0.1) is 6.10 Å². The van der Waals surface area contributed by atoms with Crippen LogP contribution in [0.15, 0.2) is 24.3 Å². The average molecular weight is 268 g/mol. The Hall–Kier alpha value is -0.570. The minimum absolute atomic E-state index is 0.204. The van der Waals surface area contributed by atoms with E-state index in [1.54, 1.807) is 7.11 Å². The molecule has 1 fully saturated rings. The lowest BCUT2D eigenvalue weighted by Gasteiger charge is -2.52. The molecule has 0 heterocycles. The monoisotopic (exact) mass is 267 g/mol. The van der Waals surface area contributed by atoms with Gasteiger partial charge < -0.3 is 10.1 Å². The van der Waals surface area contributed by atoms with Crippen LogP contribution in [0.4, 0.5) is 0 Å². The molecule has 100 valence electrons. The molecule has 0 radical (unpaired) electrons. The first kappa shape index (κ1) is 13.9. The SMILES string of the molecule is COC1CC(NC(C)c2ccc(Cl)cc2)C1(C)C. The van der Waals surface area contributed by atoms with Crippen molar-refractivity contribution in [3.63, 3.8) is 0 Å². The fourth-order valence-corrected chi connectivity index (χ4v) is 2.84. The van der Waals surface area contributed by atoms with Gasteiger partial charge in [-0.3, -0.25) is 0 Å². The maximum absolute atomic E-state index is 5.91. The van der Waals surface area contributed by atoms with Crippen molar-refractivity contribution >= 4 is 11.6 Å². The molecule has 2 rings (SSSR count). The van der Waals surface area contributed by atoms with Crippen LogP contribution >= 0.6 is 11.6 Å². The van der Waals surface area contributed by atoms with Crippen molar-refractivity contribution in [1.82, 2.24) is 5.32 Å². The number of halogens is 1. The number of hydrogen-bond acceptors (Lipinski definition) is 2. The van der Waals surface area contributed by atoms with Gasteiger partial charge in [-0.15, -0.1) is 0 Å². The van der Waals surface area contributed by atoms with Crippen LogP contribution in [0.5, 0.6) is 0 Å². The Morgan fingerprint density at radius 1 is 1.33 bits per heavy atom. The zero-order chi connectivity index (χ0) is 13.3. The van der Waals surface area contributed by atoms with Crippen LogP contribution in [0.1, 0.15) is 38.8 Å². The highest BCUT2D eigenvalue weighted by Gasteiger charge is 2.48. The predicted molar refractivity (Wildman–Crippen MR) is 76.0 cm³/mol. The quantitative estimate of drug-likeness (QED) is 0.896. The Morgan fingerprint density at radius 3 is 2.44 bits per heavy atom. The number of benzene rings is 1. The molecule has 0 aromatic heterocycles.